The van der Waals surface area contributed by atoms with E-state index in [2.05, 4.69) is 22.4 Å². The molecule has 0 saturated heterocycles. The van der Waals surface area contributed by atoms with Crippen molar-refractivity contribution < 1.29 is 4.79 Å². The van der Waals surface area contributed by atoms with E-state index in [1.807, 2.05) is 56.3 Å². The Balaban J connectivity index is 1.68. The van der Waals surface area contributed by atoms with Crippen LogP contribution in [0.25, 0.3) is 10.9 Å². The molecule has 1 amide bonds. The van der Waals surface area contributed by atoms with Crippen molar-refractivity contribution in [2.24, 2.45) is 0 Å². The highest BCUT2D eigenvalue weighted by atomic mass is 16.1. The molecule has 0 saturated carbocycles. The second kappa shape index (κ2) is 7.26. The summed E-state index contributed by atoms with van der Waals surface area (Å²) in [6.07, 6.45) is 1.90. The first kappa shape index (κ1) is 16.2. The van der Waals surface area contributed by atoms with Crippen molar-refractivity contribution in [1.82, 2.24) is 10.3 Å². The van der Waals surface area contributed by atoms with Gasteiger partial charge in [-0.05, 0) is 50.5 Å². The molecule has 1 aromatic heterocycles. The van der Waals surface area contributed by atoms with Crippen LogP contribution in [0.1, 0.15) is 33.6 Å². The van der Waals surface area contributed by atoms with Gasteiger partial charge in [0.1, 0.15) is 0 Å². The lowest BCUT2D eigenvalue weighted by Gasteiger charge is -2.10. The van der Waals surface area contributed by atoms with Gasteiger partial charge >= 0.3 is 0 Å². The zero-order valence-electron chi connectivity index (χ0n) is 14.2. The van der Waals surface area contributed by atoms with Crippen LogP contribution in [0.3, 0.4) is 0 Å². The minimum absolute atomic E-state index is 0.0239. The van der Waals surface area contributed by atoms with Gasteiger partial charge in [0.05, 0.1) is 11.1 Å². The Morgan fingerprint density at radius 3 is 2.62 bits per heavy atom. The number of amides is 1. The quantitative estimate of drug-likeness (QED) is 0.716. The van der Waals surface area contributed by atoms with E-state index in [0.717, 1.165) is 35.0 Å². The molecule has 0 bridgehead atoms. The monoisotopic (exact) mass is 318 g/mol. The Morgan fingerprint density at radius 1 is 1.04 bits per heavy atom. The van der Waals surface area contributed by atoms with Crippen LogP contribution >= 0.6 is 0 Å². The summed E-state index contributed by atoms with van der Waals surface area (Å²) in [6, 6.07) is 18.2. The smallest absolute Gasteiger partial charge is 0.252 e. The molecule has 0 aliphatic rings. The van der Waals surface area contributed by atoms with E-state index in [1.54, 1.807) is 0 Å². The molecular weight excluding hydrogens is 296 g/mol. The topological polar surface area (TPSA) is 42.0 Å². The first-order chi connectivity index (χ1) is 11.6. The number of hydrogen-bond donors (Lipinski definition) is 1. The zero-order valence-corrected chi connectivity index (χ0v) is 14.2. The second-order valence-corrected chi connectivity index (χ2v) is 6.18. The van der Waals surface area contributed by atoms with Crippen molar-refractivity contribution in [3.05, 3.63) is 77.0 Å². The van der Waals surface area contributed by atoms with Crippen LogP contribution in [0.5, 0.6) is 0 Å². The number of nitrogens with one attached hydrogen (secondary N) is 1. The summed E-state index contributed by atoms with van der Waals surface area (Å²) in [7, 11) is 0. The minimum Gasteiger partial charge on any atom is -0.352 e. The molecule has 3 rings (SSSR count). The number of nitrogens with zero attached hydrogens (tertiary/aromatic N) is 1. The molecule has 3 nitrogen and oxygen atoms in total. The van der Waals surface area contributed by atoms with Crippen molar-refractivity contribution in [2.45, 2.75) is 26.7 Å². The Morgan fingerprint density at radius 2 is 1.83 bits per heavy atom. The molecule has 0 unspecified atom stereocenters. The molecule has 0 aliphatic heterocycles. The standard InChI is InChI=1S/C21H22N2O/c1-15-10-11-20-18(13-15)19(14-16(2)23-20)21(24)22-12-6-9-17-7-4-3-5-8-17/h3-5,7-8,10-11,13-14H,6,9,12H2,1-2H3,(H,22,24). The van der Waals surface area contributed by atoms with Gasteiger partial charge in [0.2, 0.25) is 0 Å². The number of pyridine rings is 1. The Kier molecular flexibility index (Phi) is 4.90. The van der Waals surface area contributed by atoms with E-state index in [4.69, 9.17) is 0 Å². The summed E-state index contributed by atoms with van der Waals surface area (Å²) in [5, 5.41) is 3.96. The third-order valence-corrected chi connectivity index (χ3v) is 4.11. The van der Waals surface area contributed by atoms with Gasteiger partial charge in [-0.2, -0.15) is 0 Å². The van der Waals surface area contributed by atoms with Crippen molar-refractivity contribution in [1.29, 1.82) is 0 Å². The Bertz CT molecular complexity index is 856. The second-order valence-electron chi connectivity index (χ2n) is 6.18. The average Bonchev–Trinajstić information content (AvgIpc) is 2.59. The summed E-state index contributed by atoms with van der Waals surface area (Å²) in [6.45, 7) is 4.62. The van der Waals surface area contributed by atoms with Gasteiger partial charge < -0.3 is 5.32 Å². The molecule has 1 N–H and O–H groups in total. The van der Waals surface area contributed by atoms with Gasteiger partial charge in [-0.1, -0.05) is 42.0 Å². The lowest BCUT2D eigenvalue weighted by atomic mass is 10.0. The maximum absolute atomic E-state index is 12.6. The van der Waals surface area contributed by atoms with Gasteiger partial charge in [-0.25, -0.2) is 0 Å². The van der Waals surface area contributed by atoms with Gasteiger partial charge in [0.25, 0.3) is 5.91 Å². The molecule has 2 aromatic carbocycles. The largest absolute Gasteiger partial charge is 0.352 e. The van der Waals surface area contributed by atoms with Crippen LogP contribution in [0.15, 0.2) is 54.6 Å². The van der Waals surface area contributed by atoms with Crippen molar-refractivity contribution in [2.75, 3.05) is 6.54 Å². The van der Waals surface area contributed by atoms with E-state index in [-0.39, 0.29) is 5.91 Å². The third kappa shape index (κ3) is 3.80. The van der Waals surface area contributed by atoms with Gasteiger partial charge in [0.15, 0.2) is 0 Å². The van der Waals surface area contributed by atoms with Crippen LogP contribution in [-0.4, -0.2) is 17.4 Å². The highest BCUT2D eigenvalue weighted by Crippen LogP contribution is 2.20. The molecule has 0 aliphatic carbocycles. The molecule has 122 valence electrons. The molecule has 24 heavy (non-hydrogen) atoms. The molecule has 0 radical (unpaired) electrons. The predicted molar refractivity (Wildman–Crippen MR) is 98.3 cm³/mol. The lowest BCUT2D eigenvalue weighted by molar-refractivity contribution is 0.0954. The fourth-order valence-electron chi connectivity index (χ4n) is 2.89. The predicted octanol–water partition coefficient (Wildman–Crippen LogP) is 4.21. The highest BCUT2D eigenvalue weighted by molar-refractivity contribution is 6.06. The number of hydrogen-bond acceptors (Lipinski definition) is 2. The Labute approximate surface area is 142 Å². The van der Waals surface area contributed by atoms with E-state index in [9.17, 15) is 4.79 Å². The third-order valence-electron chi connectivity index (χ3n) is 4.11. The maximum Gasteiger partial charge on any atom is 0.252 e. The molecule has 3 heteroatoms. The first-order valence-electron chi connectivity index (χ1n) is 8.33. The number of rotatable bonds is 5. The summed E-state index contributed by atoms with van der Waals surface area (Å²) in [5.41, 5.74) is 4.87. The van der Waals surface area contributed by atoms with Crippen LogP contribution in [0.2, 0.25) is 0 Å². The SMILES string of the molecule is Cc1ccc2nc(C)cc(C(=O)NCCCc3ccccc3)c2c1. The normalized spacial score (nSPS) is 10.8. The van der Waals surface area contributed by atoms with Gasteiger partial charge in [-0.15, -0.1) is 0 Å². The highest BCUT2D eigenvalue weighted by Gasteiger charge is 2.11. The van der Waals surface area contributed by atoms with E-state index >= 15 is 0 Å². The van der Waals surface area contributed by atoms with Gasteiger partial charge in [-0.3, -0.25) is 9.78 Å². The van der Waals surface area contributed by atoms with Crippen LogP contribution < -0.4 is 5.32 Å². The number of benzene rings is 2. The molecule has 0 spiro atoms. The Hall–Kier alpha value is -2.68. The number of aromatic nitrogens is 1. The van der Waals surface area contributed by atoms with Crippen molar-refractivity contribution >= 4 is 16.8 Å². The minimum atomic E-state index is -0.0239. The summed E-state index contributed by atoms with van der Waals surface area (Å²) in [4.78, 5) is 17.1. The maximum atomic E-state index is 12.6. The first-order valence-corrected chi connectivity index (χ1v) is 8.33. The number of fused-ring (bicyclic) bond motifs is 1. The fourth-order valence-corrected chi connectivity index (χ4v) is 2.89. The summed E-state index contributed by atoms with van der Waals surface area (Å²) < 4.78 is 0. The molecule has 0 atom stereocenters. The zero-order chi connectivity index (χ0) is 16.9. The fraction of sp³-hybridized carbons (Fsp3) is 0.238. The lowest BCUT2D eigenvalue weighted by Crippen LogP contribution is -2.25. The molecular formula is C21H22N2O. The van der Waals surface area contributed by atoms with Crippen LogP contribution in [-0.2, 0) is 6.42 Å². The number of carbonyl (C=O) groups is 1. The summed E-state index contributed by atoms with van der Waals surface area (Å²) >= 11 is 0. The van der Waals surface area contributed by atoms with Crippen molar-refractivity contribution in [3.8, 4) is 0 Å². The van der Waals surface area contributed by atoms with E-state index < -0.39 is 0 Å². The number of carbonyl (C=O) groups excluding carboxylic acids is 1. The van der Waals surface area contributed by atoms with E-state index in [1.165, 1.54) is 5.56 Å². The van der Waals surface area contributed by atoms with E-state index in [0.29, 0.717) is 12.1 Å². The van der Waals surface area contributed by atoms with Crippen molar-refractivity contribution in [3.63, 3.8) is 0 Å². The molecule has 1 heterocycles. The molecule has 0 fully saturated rings. The van der Waals surface area contributed by atoms with Crippen LogP contribution in [0, 0.1) is 13.8 Å². The van der Waals surface area contributed by atoms with Gasteiger partial charge in [0, 0.05) is 17.6 Å². The van der Waals surface area contributed by atoms with Crippen LogP contribution in [0.4, 0.5) is 0 Å². The summed E-state index contributed by atoms with van der Waals surface area (Å²) in [5.74, 6) is -0.0239. The number of aryl methyl sites for hydroxylation is 3. The molecule has 3 aromatic rings. The average molecular weight is 318 g/mol.